The van der Waals surface area contributed by atoms with Gasteiger partial charge in [0.25, 0.3) is 0 Å². The van der Waals surface area contributed by atoms with Crippen LogP contribution in [-0.2, 0) is 0 Å². The lowest BCUT2D eigenvalue weighted by atomic mass is 9.95. The van der Waals surface area contributed by atoms with Crippen LogP contribution in [0.15, 0.2) is 55.0 Å². The van der Waals surface area contributed by atoms with Crippen molar-refractivity contribution in [2.24, 2.45) is 5.92 Å². The highest BCUT2D eigenvalue weighted by atomic mass is 19.1. The highest BCUT2D eigenvalue weighted by Crippen LogP contribution is 2.41. The van der Waals surface area contributed by atoms with Gasteiger partial charge in [-0.15, -0.1) is 0 Å². The summed E-state index contributed by atoms with van der Waals surface area (Å²) < 4.78 is 43.9. The minimum atomic E-state index is -0.809. The third-order valence-corrected chi connectivity index (χ3v) is 7.14. The standard InChI is InChI=1S/C26H25F3N6/c1-16-6-10-34(25(16)20-12-18(27)3-4-22(20)29)24-8-11-35-26(32-24)21(14-31-35)17-2-5-23(30-13-17)33-9-7-19(28)15-33/h2-5,8,11-14,16,19,25H,6-7,9-10,15H2,1H3/t16-,19+,25-/m1/s1. The average molecular weight is 479 g/mol. The van der Waals surface area contributed by atoms with Gasteiger partial charge in [0.2, 0.25) is 0 Å². The maximum atomic E-state index is 14.7. The Balaban J connectivity index is 1.34. The summed E-state index contributed by atoms with van der Waals surface area (Å²) in [6.07, 6.45) is 5.90. The SMILES string of the molecule is C[C@@H]1CCN(c2ccn3ncc(-c4ccc(N5CC[C@H](F)C5)nc4)c3n2)[C@H]1c1cc(F)ccc1F. The summed E-state index contributed by atoms with van der Waals surface area (Å²) in [4.78, 5) is 13.4. The quantitative estimate of drug-likeness (QED) is 0.403. The number of nitrogens with zero attached hydrogens (tertiary/aromatic N) is 6. The molecule has 2 saturated heterocycles. The van der Waals surface area contributed by atoms with Gasteiger partial charge in [0.1, 0.15) is 29.4 Å². The third-order valence-electron chi connectivity index (χ3n) is 7.14. The van der Waals surface area contributed by atoms with Crippen molar-refractivity contribution in [3.05, 3.63) is 72.2 Å². The molecule has 0 spiro atoms. The summed E-state index contributed by atoms with van der Waals surface area (Å²) in [6, 6.07) is 9.00. The molecule has 2 aliphatic rings. The van der Waals surface area contributed by atoms with E-state index in [4.69, 9.17) is 4.98 Å². The number of pyridine rings is 1. The fourth-order valence-electron chi connectivity index (χ4n) is 5.30. The minimum absolute atomic E-state index is 0.139. The molecular formula is C26H25F3N6. The van der Waals surface area contributed by atoms with E-state index in [-0.39, 0.29) is 12.0 Å². The number of hydrogen-bond donors (Lipinski definition) is 0. The number of aromatic nitrogens is 4. The van der Waals surface area contributed by atoms with Crippen molar-refractivity contribution in [2.75, 3.05) is 29.4 Å². The topological polar surface area (TPSA) is 49.6 Å². The normalized spacial score (nSPS) is 22.5. The first-order chi connectivity index (χ1) is 17.0. The first-order valence-corrected chi connectivity index (χ1v) is 11.9. The molecule has 5 heterocycles. The second-order valence-corrected chi connectivity index (χ2v) is 9.42. The Kier molecular flexibility index (Phi) is 5.35. The Hall–Kier alpha value is -3.62. The van der Waals surface area contributed by atoms with Crippen LogP contribution in [0.2, 0.25) is 0 Å². The van der Waals surface area contributed by atoms with Crippen LogP contribution in [0, 0.1) is 17.6 Å². The smallest absolute Gasteiger partial charge is 0.165 e. The van der Waals surface area contributed by atoms with E-state index in [1.165, 1.54) is 12.1 Å². The number of anilines is 2. The molecule has 0 N–H and O–H groups in total. The molecule has 0 amide bonds. The molecule has 2 aliphatic heterocycles. The summed E-state index contributed by atoms with van der Waals surface area (Å²) >= 11 is 0. The van der Waals surface area contributed by atoms with E-state index < -0.39 is 17.8 Å². The van der Waals surface area contributed by atoms with Crippen molar-refractivity contribution >= 4 is 17.3 Å². The highest BCUT2D eigenvalue weighted by molar-refractivity contribution is 5.77. The fraction of sp³-hybridized carbons (Fsp3) is 0.346. The maximum Gasteiger partial charge on any atom is 0.165 e. The first kappa shape index (κ1) is 21.9. The second-order valence-electron chi connectivity index (χ2n) is 9.42. The first-order valence-electron chi connectivity index (χ1n) is 11.9. The predicted molar refractivity (Wildman–Crippen MR) is 128 cm³/mol. The molecule has 0 unspecified atom stereocenters. The molecule has 0 radical (unpaired) electrons. The van der Waals surface area contributed by atoms with E-state index in [0.717, 1.165) is 29.4 Å². The zero-order valence-electron chi connectivity index (χ0n) is 19.3. The maximum absolute atomic E-state index is 14.7. The molecule has 6 nitrogen and oxygen atoms in total. The summed E-state index contributed by atoms with van der Waals surface area (Å²) in [7, 11) is 0. The second kappa shape index (κ2) is 8.55. The number of rotatable bonds is 4. The molecule has 0 saturated carbocycles. The van der Waals surface area contributed by atoms with Crippen LogP contribution >= 0.6 is 0 Å². The zero-order valence-corrected chi connectivity index (χ0v) is 19.3. The van der Waals surface area contributed by atoms with Crippen LogP contribution in [0.3, 0.4) is 0 Å². The van der Waals surface area contributed by atoms with Crippen LogP contribution in [0.4, 0.5) is 24.8 Å². The number of hydrogen-bond acceptors (Lipinski definition) is 5. The van der Waals surface area contributed by atoms with E-state index in [0.29, 0.717) is 43.1 Å². The van der Waals surface area contributed by atoms with E-state index >= 15 is 0 Å². The van der Waals surface area contributed by atoms with Gasteiger partial charge >= 0.3 is 0 Å². The van der Waals surface area contributed by atoms with Crippen LogP contribution in [0.1, 0.15) is 31.4 Å². The van der Waals surface area contributed by atoms with Gasteiger partial charge in [0, 0.05) is 42.2 Å². The van der Waals surface area contributed by atoms with E-state index in [2.05, 4.69) is 17.0 Å². The van der Waals surface area contributed by atoms with Gasteiger partial charge in [0.15, 0.2) is 5.65 Å². The Bertz CT molecular complexity index is 1370. The van der Waals surface area contributed by atoms with Crippen molar-refractivity contribution < 1.29 is 13.2 Å². The van der Waals surface area contributed by atoms with Gasteiger partial charge in [-0.2, -0.15) is 5.10 Å². The number of halogens is 3. The van der Waals surface area contributed by atoms with Crippen molar-refractivity contribution in [3.8, 4) is 11.1 Å². The highest BCUT2D eigenvalue weighted by Gasteiger charge is 2.35. The Labute approximate surface area is 201 Å². The van der Waals surface area contributed by atoms with Gasteiger partial charge in [-0.3, -0.25) is 0 Å². The minimum Gasteiger partial charge on any atom is -0.354 e. The van der Waals surface area contributed by atoms with Gasteiger partial charge in [-0.05, 0) is 55.2 Å². The van der Waals surface area contributed by atoms with Crippen molar-refractivity contribution in [2.45, 2.75) is 32.0 Å². The van der Waals surface area contributed by atoms with Gasteiger partial charge in [-0.1, -0.05) is 6.92 Å². The van der Waals surface area contributed by atoms with Gasteiger partial charge in [0.05, 0.1) is 18.8 Å². The van der Waals surface area contributed by atoms with Gasteiger partial charge in [-0.25, -0.2) is 27.7 Å². The Morgan fingerprint density at radius 1 is 0.971 bits per heavy atom. The molecule has 2 fully saturated rings. The molecule has 4 aromatic rings. The summed E-state index contributed by atoms with van der Waals surface area (Å²) in [5.74, 6) is 0.719. The molecule has 1 aromatic carbocycles. The fourth-order valence-corrected chi connectivity index (χ4v) is 5.30. The molecule has 3 atom stereocenters. The molecule has 3 aromatic heterocycles. The lowest BCUT2D eigenvalue weighted by Gasteiger charge is -2.28. The largest absolute Gasteiger partial charge is 0.354 e. The molecule has 0 aliphatic carbocycles. The summed E-state index contributed by atoms with van der Waals surface area (Å²) in [5.41, 5.74) is 2.67. The molecule has 0 bridgehead atoms. The van der Waals surface area contributed by atoms with E-state index in [9.17, 15) is 13.2 Å². The number of fused-ring (bicyclic) bond motifs is 1. The van der Waals surface area contributed by atoms with Crippen LogP contribution in [0.25, 0.3) is 16.8 Å². The lowest BCUT2D eigenvalue weighted by molar-refractivity contribution is 0.364. The zero-order chi connectivity index (χ0) is 24.1. The Morgan fingerprint density at radius 3 is 2.63 bits per heavy atom. The van der Waals surface area contributed by atoms with Gasteiger partial charge < -0.3 is 9.80 Å². The van der Waals surface area contributed by atoms with Crippen LogP contribution < -0.4 is 9.80 Å². The van der Waals surface area contributed by atoms with Crippen molar-refractivity contribution in [1.29, 1.82) is 0 Å². The van der Waals surface area contributed by atoms with Crippen LogP contribution in [0.5, 0.6) is 0 Å². The third kappa shape index (κ3) is 3.88. The molecule has 180 valence electrons. The lowest BCUT2D eigenvalue weighted by Crippen LogP contribution is -2.26. The molecular weight excluding hydrogens is 453 g/mol. The monoisotopic (exact) mass is 478 g/mol. The number of benzene rings is 1. The number of alkyl halides is 1. The van der Waals surface area contributed by atoms with E-state index in [1.54, 1.807) is 16.9 Å². The molecule has 6 rings (SSSR count). The van der Waals surface area contributed by atoms with Crippen molar-refractivity contribution in [1.82, 2.24) is 19.6 Å². The van der Waals surface area contributed by atoms with Crippen LogP contribution in [-0.4, -0.2) is 45.4 Å². The molecule has 35 heavy (non-hydrogen) atoms. The molecule has 9 heteroatoms. The van der Waals surface area contributed by atoms with Crippen molar-refractivity contribution in [3.63, 3.8) is 0 Å². The average Bonchev–Trinajstić information content (AvgIpc) is 3.58. The van der Waals surface area contributed by atoms with E-state index in [1.807, 2.05) is 34.2 Å². The predicted octanol–water partition coefficient (Wildman–Crippen LogP) is 5.21. The summed E-state index contributed by atoms with van der Waals surface area (Å²) in [6.45, 7) is 3.78. The summed E-state index contributed by atoms with van der Waals surface area (Å²) in [5, 5.41) is 4.43. The Morgan fingerprint density at radius 2 is 1.86 bits per heavy atom.